The van der Waals surface area contributed by atoms with Gasteiger partial charge in [0.05, 0.1) is 12.8 Å². The van der Waals surface area contributed by atoms with Gasteiger partial charge in [0.15, 0.2) is 0 Å². The molecule has 0 atom stereocenters. The van der Waals surface area contributed by atoms with E-state index < -0.39 is 6.03 Å². The van der Waals surface area contributed by atoms with Gasteiger partial charge in [0.25, 0.3) is 0 Å². The van der Waals surface area contributed by atoms with Crippen LogP contribution >= 0.6 is 0 Å². The first kappa shape index (κ1) is 14.0. The van der Waals surface area contributed by atoms with Crippen LogP contribution in [0.15, 0.2) is 29.4 Å². The number of hydrazone groups is 1. The second-order valence-electron chi connectivity index (χ2n) is 4.43. The molecule has 1 aliphatic heterocycles. The Kier molecular flexibility index (Phi) is 4.70. The van der Waals surface area contributed by atoms with Gasteiger partial charge in [-0.25, -0.2) is 9.80 Å². The molecule has 1 fully saturated rings. The van der Waals surface area contributed by atoms with Crippen molar-refractivity contribution < 1.29 is 14.3 Å². The highest BCUT2D eigenvalue weighted by atomic mass is 16.5. The van der Waals surface area contributed by atoms with Gasteiger partial charge >= 0.3 is 6.03 Å². The molecule has 1 aliphatic rings. The Hall–Kier alpha value is -2.37. The summed E-state index contributed by atoms with van der Waals surface area (Å²) in [5.41, 5.74) is 0.833. The molecule has 1 saturated heterocycles. The van der Waals surface area contributed by atoms with Crippen LogP contribution in [0.5, 0.6) is 5.75 Å². The van der Waals surface area contributed by atoms with Gasteiger partial charge in [-0.3, -0.25) is 10.1 Å². The maximum atomic E-state index is 11.3. The topological polar surface area (TPSA) is 71.0 Å². The molecule has 0 aliphatic carbocycles. The van der Waals surface area contributed by atoms with Crippen LogP contribution in [0.3, 0.4) is 0 Å². The minimum atomic E-state index is -0.495. The van der Waals surface area contributed by atoms with Crippen LogP contribution in [-0.4, -0.2) is 36.3 Å². The van der Waals surface area contributed by atoms with Crippen LogP contribution in [0.4, 0.5) is 4.79 Å². The SMILES string of the molecule is CCCCOc1ccc(/C=N/N2CC(=O)NC2=O)cc1. The first-order valence-electron chi connectivity index (χ1n) is 6.57. The fourth-order valence-corrected chi connectivity index (χ4v) is 1.65. The first-order chi connectivity index (χ1) is 9.69. The second kappa shape index (κ2) is 6.70. The van der Waals surface area contributed by atoms with Crippen molar-refractivity contribution in [3.05, 3.63) is 29.8 Å². The molecule has 0 bridgehead atoms. The van der Waals surface area contributed by atoms with Gasteiger partial charge in [-0.2, -0.15) is 5.10 Å². The molecule has 106 valence electrons. The third-order valence-electron chi connectivity index (χ3n) is 2.77. The summed E-state index contributed by atoms with van der Waals surface area (Å²) in [7, 11) is 0. The van der Waals surface area contributed by atoms with Crippen molar-refractivity contribution in [3.8, 4) is 5.75 Å². The maximum absolute atomic E-state index is 11.3. The predicted molar refractivity (Wildman–Crippen MR) is 74.7 cm³/mol. The number of rotatable bonds is 6. The van der Waals surface area contributed by atoms with E-state index in [4.69, 9.17) is 4.74 Å². The van der Waals surface area contributed by atoms with E-state index in [1.54, 1.807) is 0 Å². The summed E-state index contributed by atoms with van der Waals surface area (Å²) in [5.74, 6) is 0.469. The third-order valence-corrected chi connectivity index (χ3v) is 2.77. The molecule has 0 spiro atoms. The molecule has 1 aromatic rings. The van der Waals surface area contributed by atoms with E-state index >= 15 is 0 Å². The molecule has 0 radical (unpaired) electrons. The Labute approximate surface area is 117 Å². The molecular weight excluding hydrogens is 258 g/mol. The van der Waals surface area contributed by atoms with Gasteiger partial charge in [-0.05, 0) is 36.2 Å². The third kappa shape index (κ3) is 3.81. The molecule has 3 amide bonds. The highest BCUT2D eigenvalue weighted by Crippen LogP contribution is 2.12. The summed E-state index contributed by atoms with van der Waals surface area (Å²) in [4.78, 5) is 22.2. The van der Waals surface area contributed by atoms with Crippen molar-refractivity contribution in [1.82, 2.24) is 10.3 Å². The molecule has 0 saturated carbocycles. The second-order valence-corrected chi connectivity index (χ2v) is 4.43. The summed E-state index contributed by atoms with van der Waals surface area (Å²) in [6.07, 6.45) is 3.66. The smallest absolute Gasteiger partial charge is 0.344 e. The van der Waals surface area contributed by atoms with E-state index in [0.29, 0.717) is 6.61 Å². The summed E-state index contributed by atoms with van der Waals surface area (Å²) in [6.45, 7) is 2.79. The van der Waals surface area contributed by atoms with Crippen molar-refractivity contribution in [3.63, 3.8) is 0 Å². The van der Waals surface area contributed by atoms with Crippen LogP contribution in [0, 0.1) is 0 Å². The van der Waals surface area contributed by atoms with E-state index in [2.05, 4.69) is 17.3 Å². The zero-order valence-corrected chi connectivity index (χ0v) is 11.3. The van der Waals surface area contributed by atoms with Crippen LogP contribution in [-0.2, 0) is 4.79 Å². The van der Waals surface area contributed by atoms with Crippen LogP contribution in [0.25, 0.3) is 0 Å². The lowest BCUT2D eigenvalue weighted by Gasteiger charge is -2.06. The van der Waals surface area contributed by atoms with E-state index in [1.165, 1.54) is 6.21 Å². The lowest BCUT2D eigenvalue weighted by Crippen LogP contribution is -2.24. The van der Waals surface area contributed by atoms with Gasteiger partial charge < -0.3 is 4.74 Å². The Morgan fingerprint density at radius 3 is 2.70 bits per heavy atom. The van der Waals surface area contributed by atoms with Gasteiger partial charge in [-0.15, -0.1) is 0 Å². The lowest BCUT2D eigenvalue weighted by atomic mass is 10.2. The van der Waals surface area contributed by atoms with Crippen molar-refractivity contribution in [2.45, 2.75) is 19.8 Å². The Morgan fingerprint density at radius 2 is 2.10 bits per heavy atom. The zero-order valence-electron chi connectivity index (χ0n) is 11.3. The van der Waals surface area contributed by atoms with Crippen LogP contribution < -0.4 is 10.1 Å². The quantitative estimate of drug-likeness (QED) is 0.488. The van der Waals surface area contributed by atoms with E-state index in [9.17, 15) is 9.59 Å². The van der Waals surface area contributed by atoms with Gasteiger partial charge in [0, 0.05) is 0 Å². The number of imide groups is 1. The average molecular weight is 275 g/mol. The lowest BCUT2D eigenvalue weighted by molar-refractivity contribution is -0.118. The number of carbonyl (C=O) groups excluding carboxylic acids is 2. The maximum Gasteiger partial charge on any atom is 0.344 e. The van der Waals surface area contributed by atoms with Crippen molar-refractivity contribution >= 4 is 18.2 Å². The summed E-state index contributed by atoms with van der Waals surface area (Å²) in [6, 6.07) is 6.91. The predicted octanol–water partition coefficient (Wildman–Crippen LogP) is 1.75. The number of benzene rings is 1. The van der Waals surface area contributed by atoms with E-state index in [-0.39, 0.29) is 12.5 Å². The molecule has 2 rings (SSSR count). The minimum Gasteiger partial charge on any atom is -0.494 e. The number of amides is 3. The zero-order chi connectivity index (χ0) is 14.4. The van der Waals surface area contributed by atoms with Crippen LogP contribution in [0.2, 0.25) is 0 Å². The normalized spacial score (nSPS) is 14.9. The number of nitrogens with zero attached hydrogens (tertiary/aromatic N) is 2. The molecule has 0 unspecified atom stereocenters. The number of hydrogen-bond donors (Lipinski definition) is 1. The van der Waals surface area contributed by atoms with E-state index in [1.807, 2.05) is 24.3 Å². The highest BCUT2D eigenvalue weighted by molar-refractivity contribution is 6.02. The molecule has 1 heterocycles. The standard InChI is InChI=1S/C14H17N3O3/c1-2-3-8-20-12-6-4-11(5-7-12)9-15-17-10-13(18)16-14(17)19/h4-7,9H,2-3,8,10H2,1H3,(H,16,18,19)/b15-9+. The monoisotopic (exact) mass is 275 g/mol. The molecule has 6 nitrogen and oxygen atoms in total. The van der Waals surface area contributed by atoms with Crippen LogP contribution in [0.1, 0.15) is 25.3 Å². The number of unbranched alkanes of at least 4 members (excludes halogenated alkanes) is 1. The van der Waals surface area contributed by atoms with Crippen molar-refractivity contribution in [2.24, 2.45) is 5.10 Å². The highest BCUT2D eigenvalue weighted by Gasteiger charge is 2.25. The minimum absolute atomic E-state index is 0.0342. The van der Waals surface area contributed by atoms with Gasteiger partial charge in [0.2, 0.25) is 5.91 Å². The molecule has 0 aromatic heterocycles. The largest absolute Gasteiger partial charge is 0.494 e. The molecule has 1 aromatic carbocycles. The number of ether oxygens (including phenoxy) is 1. The summed E-state index contributed by atoms with van der Waals surface area (Å²) >= 11 is 0. The van der Waals surface area contributed by atoms with Crippen molar-refractivity contribution in [2.75, 3.05) is 13.2 Å². The average Bonchev–Trinajstić information content (AvgIpc) is 2.76. The Bertz CT molecular complexity index is 511. The number of urea groups is 1. The number of hydrogen-bond acceptors (Lipinski definition) is 4. The Morgan fingerprint density at radius 1 is 1.35 bits per heavy atom. The van der Waals surface area contributed by atoms with E-state index in [0.717, 1.165) is 29.2 Å². The first-order valence-corrected chi connectivity index (χ1v) is 6.57. The van der Waals surface area contributed by atoms with Gasteiger partial charge in [0.1, 0.15) is 12.3 Å². The van der Waals surface area contributed by atoms with Gasteiger partial charge in [-0.1, -0.05) is 13.3 Å². The molecule has 20 heavy (non-hydrogen) atoms. The molecular formula is C14H17N3O3. The number of carbonyl (C=O) groups is 2. The fraction of sp³-hybridized carbons (Fsp3) is 0.357. The molecule has 1 N–H and O–H groups in total. The summed E-state index contributed by atoms with van der Waals surface area (Å²) < 4.78 is 5.55. The number of nitrogens with one attached hydrogen (secondary N) is 1. The summed E-state index contributed by atoms with van der Waals surface area (Å²) in [5, 5.41) is 7.21. The Balaban J connectivity index is 1.90. The molecule has 6 heteroatoms. The van der Waals surface area contributed by atoms with Crippen molar-refractivity contribution in [1.29, 1.82) is 0 Å². The fourth-order valence-electron chi connectivity index (χ4n) is 1.65.